The first-order valence-corrected chi connectivity index (χ1v) is 7.11. The van der Waals surface area contributed by atoms with Crippen molar-refractivity contribution in [2.75, 3.05) is 5.32 Å². The largest absolute Gasteiger partial charge is 0.326 e. The molecule has 1 unspecified atom stereocenters. The number of benzene rings is 1. The molecular weight excluding hydrogens is 222 g/mol. The van der Waals surface area contributed by atoms with Gasteiger partial charge in [-0.2, -0.15) is 0 Å². The van der Waals surface area contributed by atoms with Crippen LogP contribution in [-0.2, 0) is 4.79 Å². The molecule has 0 radical (unpaired) electrons. The molecule has 0 heterocycles. The van der Waals surface area contributed by atoms with Crippen LogP contribution in [0.1, 0.15) is 52.4 Å². The third-order valence-corrected chi connectivity index (χ3v) is 3.32. The van der Waals surface area contributed by atoms with Gasteiger partial charge in [-0.05, 0) is 24.5 Å². The van der Waals surface area contributed by atoms with E-state index in [0.29, 0.717) is 12.3 Å². The van der Waals surface area contributed by atoms with Crippen molar-refractivity contribution in [1.82, 2.24) is 0 Å². The summed E-state index contributed by atoms with van der Waals surface area (Å²) in [6.45, 7) is 4.38. The van der Waals surface area contributed by atoms with Gasteiger partial charge >= 0.3 is 0 Å². The predicted molar refractivity (Wildman–Crippen MR) is 77.6 cm³/mol. The number of carbonyl (C=O) groups is 1. The maximum atomic E-state index is 11.9. The number of para-hydroxylation sites is 1. The number of anilines is 1. The Morgan fingerprint density at radius 3 is 2.50 bits per heavy atom. The van der Waals surface area contributed by atoms with Crippen molar-refractivity contribution < 1.29 is 4.79 Å². The smallest absolute Gasteiger partial charge is 0.224 e. The fourth-order valence-electron chi connectivity index (χ4n) is 2.13. The van der Waals surface area contributed by atoms with Crippen LogP contribution in [0.3, 0.4) is 0 Å². The normalized spacial score (nSPS) is 12.1. The minimum atomic E-state index is 0.143. The van der Waals surface area contributed by atoms with Crippen LogP contribution in [0.2, 0.25) is 0 Å². The number of hydrogen-bond donors (Lipinski definition) is 1. The molecule has 0 fully saturated rings. The Bertz CT molecular complexity index is 334. The monoisotopic (exact) mass is 247 g/mol. The van der Waals surface area contributed by atoms with Gasteiger partial charge in [0, 0.05) is 12.1 Å². The van der Waals surface area contributed by atoms with Crippen molar-refractivity contribution in [3.05, 3.63) is 30.3 Å². The molecule has 0 aromatic heterocycles. The van der Waals surface area contributed by atoms with Crippen molar-refractivity contribution in [2.24, 2.45) is 5.92 Å². The van der Waals surface area contributed by atoms with Gasteiger partial charge in [0.15, 0.2) is 0 Å². The Hall–Kier alpha value is -1.31. The summed E-state index contributed by atoms with van der Waals surface area (Å²) < 4.78 is 0. The van der Waals surface area contributed by atoms with E-state index < -0.39 is 0 Å². The third kappa shape index (κ3) is 5.85. The van der Waals surface area contributed by atoms with E-state index in [2.05, 4.69) is 19.2 Å². The lowest BCUT2D eigenvalue weighted by atomic mass is 9.95. The third-order valence-electron chi connectivity index (χ3n) is 3.32. The molecule has 0 bridgehead atoms. The van der Waals surface area contributed by atoms with Gasteiger partial charge in [0.25, 0.3) is 0 Å². The van der Waals surface area contributed by atoms with E-state index in [4.69, 9.17) is 0 Å². The summed E-state index contributed by atoms with van der Waals surface area (Å²) in [4.78, 5) is 11.9. The molecule has 100 valence electrons. The van der Waals surface area contributed by atoms with Crippen molar-refractivity contribution in [2.45, 2.75) is 52.4 Å². The number of amides is 1. The number of unbranched alkanes of at least 4 members (excludes halogenated alkanes) is 2. The van der Waals surface area contributed by atoms with Gasteiger partial charge in [0.2, 0.25) is 5.91 Å². The maximum absolute atomic E-state index is 11.9. The van der Waals surface area contributed by atoms with Gasteiger partial charge in [0.05, 0.1) is 0 Å². The number of carbonyl (C=O) groups excluding carboxylic acids is 1. The SMILES string of the molecule is CCCCCC(CC)CC(=O)Nc1ccccc1. The molecule has 0 spiro atoms. The first-order chi connectivity index (χ1) is 8.76. The zero-order valence-corrected chi connectivity index (χ0v) is 11.6. The van der Waals surface area contributed by atoms with Crippen LogP contribution in [-0.4, -0.2) is 5.91 Å². The van der Waals surface area contributed by atoms with Crippen LogP contribution in [0.5, 0.6) is 0 Å². The summed E-state index contributed by atoms with van der Waals surface area (Å²) in [5.74, 6) is 0.671. The minimum absolute atomic E-state index is 0.143. The summed E-state index contributed by atoms with van der Waals surface area (Å²) in [7, 11) is 0. The highest BCUT2D eigenvalue weighted by Crippen LogP contribution is 2.18. The first kappa shape index (κ1) is 14.7. The maximum Gasteiger partial charge on any atom is 0.224 e. The summed E-state index contributed by atoms with van der Waals surface area (Å²) in [5, 5.41) is 2.96. The van der Waals surface area contributed by atoms with Gasteiger partial charge in [-0.15, -0.1) is 0 Å². The molecule has 1 aromatic rings. The van der Waals surface area contributed by atoms with Gasteiger partial charge in [-0.1, -0.05) is 57.7 Å². The molecule has 0 saturated heterocycles. The van der Waals surface area contributed by atoms with Crippen molar-refractivity contribution in [3.8, 4) is 0 Å². The van der Waals surface area contributed by atoms with E-state index in [1.807, 2.05) is 30.3 Å². The Labute approximate surface area is 111 Å². The Morgan fingerprint density at radius 2 is 1.89 bits per heavy atom. The van der Waals surface area contributed by atoms with Gasteiger partial charge in [0.1, 0.15) is 0 Å². The van der Waals surface area contributed by atoms with Crippen LogP contribution in [0.25, 0.3) is 0 Å². The van der Waals surface area contributed by atoms with Crippen LogP contribution in [0, 0.1) is 5.92 Å². The molecule has 1 rings (SSSR count). The Kier molecular flexibility index (Phi) is 7.16. The van der Waals surface area contributed by atoms with E-state index in [9.17, 15) is 4.79 Å². The lowest BCUT2D eigenvalue weighted by molar-refractivity contribution is -0.117. The molecule has 1 atom stereocenters. The summed E-state index contributed by atoms with van der Waals surface area (Å²) in [6.07, 6.45) is 6.67. The number of nitrogens with one attached hydrogen (secondary N) is 1. The van der Waals surface area contributed by atoms with Crippen LogP contribution in [0.4, 0.5) is 5.69 Å². The van der Waals surface area contributed by atoms with Crippen LogP contribution in [0.15, 0.2) is 30.3 Å². The highest BCUT2D eigenvalue weighted by atomic mass is 16.1. The molecule has 1 aromatic carbocycles. The highest BCUT2D eigenvalue weighted by molar-refractivity contribution is 5.90. The van der Waals surface area contributed by atoms with Crippen LogP contribution < -0.4 is 5.32 Å². The number of hydrogen-bond acceptors (Lipinski definition) is 1. The second kappa shape index (κ2) is 8.73. The fraction of sp³-hybridized carbons (Fsp3) is 0.562. The summed E-state index contributed by atoms with van der Waals surface area (Å²) in [5.41, 5.74) is 0.894. The zero-order valence-electron chi connectivity index (χ0n) is 11.6. The van der Waals surface area contributed by atoms with Gasteiger partial charge in [-0.25, -0.2) is 0 Å². The van der Waals surface area contributed by atoms with E-state index in [-0.39, 0.29) is 5.91 Å². The molecule has 18 heavy (non-hydrogen) atoms. The van der Waals surface area contributed by atoms with Gasteiger partial charge in [-0.3, -0.25) is 4.79 Å². The standard InChI is InChI=1S/C16H25NO/c1-3-5-7-10-14(4-2)13-16(18)17-15-11-8-6-9-12-15/h6,8-9,11-12,14H,3-5,7,10,13H2,1-2H3,(H,17,18). The average Bonchev–Trinajstić information content (AvgIpc) is 2.39. The quantitative estimate of drug-likeness (QED) is 0.667. The first-order valence-electron chi connectivity index (χ1n) is 7.11. The topological polar surface area (TPSA) is 29.1 Å². The molecule has 0 aliphatic rings. The highest BCUT2D eigenvalue weighted by Gasteiger charge is 2.11. The van der Waals surface area contributed by atoms with E-state index in [1.54, 1.807) is 0 Å². The van der Waals surface area contributed by atoms with Crippen molar-refractivity contribution >= 4 is 11.6 Å². The molecule has 0 saturated carbocycles. The van der Waals surface area contributed by atoms with Crippen molar-refractivity contribution in [3.63, 3.8) is 0 Å². The van der Waals surface area contributed by atoms with E-state index in [1.165, 1.54) is 25.7 Å². The molecule has 2 heteroatoms. The zero-order chi connectivity index (χ0) is 13.2. The van der Waals surface area contributed by atoms with Crippen LogP contribution >= 0.6 is 0 Å². The molecule has 2 nitrogen and oxygen atoms in total. The average molecular weight is 247 g/mol. The second-order valence-electron chi connectivity index (χ2n) is 4.89. The fourth-order valence-corrected chi connectivity index (χ4v) is 2.13. The molecule has 1 amide bonds. The minimum Gasteiger partial charge on any atom is -0.326 e. The van der Waals surface area contributed by atoms with Crippen molar-refractivity contribution in [1.29, 1.82) is 0 Å². The molecular formula is C16H25NO. The summed E-state index contributed by atoms with van der Waals surface area (Å²) in [6, 6.07) is 9.68. The lowest BCUT2D eigenvalue weighted by Gasteiger charge is -2.14. The lowest BCUT2D eigenvalue weighted by Crippen LogP contribution is -2.16. The molecule has 0 aliphatic carbocycles. The predicted octanol–water partition coefficient (Wildman–Crippen LogP) is 4.62. The van der Waals surface area contributed by atoms with Gasteiger partial charge < -0.3 is 5.32 Å². The molecule has 0 aliphatic heterocycles. The number of rotatable bonds is 8. The summed E-state index contributed by atoms with van der Waals surface area (Å²) >= 11 is 0. The molecule has 1 N–H and O–H groups in total. The Morgan fingerprint density at radius 1 is 1.17 bits per heavy atom. The van der Waals surface area contributed by atoms with E-state index in [0.717, 1.165) is 12.1 Å². The Balaban J connectivity index is 2.33. The second-order valence-corrected chi connectivity index (χ2v) is 4.89. The van der Waals surface area contributed by atoms with E-state index >= 15 is 0 Å².